The molecule has 0 saturated heterocycles. The maximum absolute atomic E-state index is 5.88. The van der Waals surface area contributed by atoms with Crippen LogP contribution in [0.4, 0.5) is 5.69 Å². The van der Waals surface area contributed by atoms with Crippen LogP contribution in [0.2, 0.25) is 0 Å². The van der Waals surface area contributed by atoms with E-state index in [-0.39, 0.29) is 5.41 Å². The van der Waals surface area contributed by atoms with Crippen LogP contribution in [-0.2, 0) is 11.2 Å². The van der Waals surface area contributed by atoms with E-state index in [0.717, 1.165) is 17.2 Å². The Bertz CT molecular complexity index is 600. The number of nitrogen functional groups attached to an aromatic ring is 1. The molecule has 0 heterocycles. The highest BCUT2D eigenvalue weighted by Gasteiger charge is 2.12. The average Bonchev–Trinajstić information content (AvgIpc) is 2.44. The lowest BCUT2D eigenvalue weighted by atomic mass is 9.87. The van der Waals surface area contributed by atoms with Crippen molar-refractivity contribution in [1.29, 1.82) is 0 Å². The van der Waals surface area contributed by atoms with Crippen molar-refractivity contribution in [3.63, 3.8) is 0 Å². The summed E-state index contributed by atoms with van der Waals surface area (Å²) in [6.45, 7) is 6.69. The molecule has 0 saturated carbocycles. The molecule has 0 aliphatic heterocycles. The molecule has 0 aliphatic carbocycles. The quantitative estimate of drug-likeness (QED) is 0.646. The van der Waals surface area contributed by atoms with Crippen molar-refractivity contribution in [1.82, 2.24) is 0 Å². The van der Waals surface area contributed by atoms with Crippen molar-refractivity contribution in [2.75, 3.05) is 12.8 Å². The number of hydrogen-bond acceptors (Lipinski definition) is 3. The summed E-state index contributed by atoms with van der Waals surface area (Å²) >= 11 is 1.81. The predicted molar refractivity (Wildman–Crippen MR) is 92.1 cm³/mol. The fourth-order valence-corrected chi connectivity index (χ4v) is 2.93. The van der Waals surface area contributed by atoms with Gasteiger partial charge in [-0.15, -0.1) is 11.8 Å². The SMILES string of the molecule is COc1cc(N)cc(CSc2ccc(C(C)(C)C)cc2)c1. The molecule has 2 N–H and O–H groups in total. The van der Waals surface area contributed by atoms with Crippen LogP contribution in [0.3, 0.4) is 0 Å². The van der Waals surface area contributed by atoms with E-state index in [2.05, 4.69) is 45.0 Å². The number of rotatable bonds is 4. The normalized spacial score (nSPS) is 11.4. The highest BCUT2D eigenvalue weighted by Crippen LogP contribution is 2.29. The Morgan fingerprint density at radius 2 is 1.71 bits per heavy atom. The molecule has 0 spiro atoms. The summed E-state index contributed by atoms with van der Waals surface area (Å²) in [5.41, 5.74) is 9.36. The summed E-state index contributed by atoms with van der Waals surface area (Å²) < 4.78 is 5.25. The molecule has 0 aromatic heterocycles. The van der Waals surface area contributed by atoms with Crippen molar-refractivity contribution in [3.05, 3.63) is 53.6 Å². The number of ether oxygens (including phenoxy) is 1. The Kier molecular flexibility index (Phi) is 4.84. The van der Waals surface area contributed by atoms with E-state index in [4.69, 9.17) is 10.5 Å². The van der Waals surface area contributed by atoms with Gasteiger partial charge < -0.3 is 10.5 Å². The molecule has 2 aromatic rings. The molecule has 2 nitrogen and oxygen atoms in total. The molecule has 21 heavy (non-hydrogen) atoms. The van der Waals surface area contributed by atoms with Gasteiger partial charge in [0.1, 0.15) is 5.75 Å². The van der Waals surface area contributed by atoms with Gasteiger partial charge in [0.25, 0.3) is 0 Å². The van der Waals surface area contributed by atoms with Gasteiger partial charge in [-0.2, -0.15) is 0 Å². The van der Waals surface area contributed by atoms with Crippen molar-refractivity contribution < 1.29 is 4.74 Å². The third-order valence-electron chi connectivity index (χ3n) is 3.35. The van der Waals surface area contributed by atoms with Crippen LogP contribution in [0, 0.1) is 0 Å². The van der Waals surface area contributed by atoms with Crippen molar-refractivity contribution in [2.45, 2.75) is 36.8 Å². The van der Waals surface area contributed by atoms with Crippen molar-refractivity contribution >= 4 is 17.4 Å². The summed E-state index contributed by atoms with van der Waals surface area (Å²) in [6, 6.07) is 14.7. The zero-order valence-electron chi connectivity index (χ0n) is 13.1. The molecule has 0 aliphatic rings. The minimum absolute atomic E-state index is 0.199. The highest BCUT2D eigenvalue weighted by atomic mass is 32.2. The molecule has 0 bridgehead atoms. The number of methoxy groups -OCH3 is 1. The highest BCUT2D eigenvalue weighted by molar-refractivity contribution is 7.98. The molecule has 2 aromatic carbocycles. The van der Waals surface area contributed by atoms with E-state index in [0.29, 0.717) is 0 Å². The number of thioether (sulfide) groups is 1. The fourth-order valence-electron chi connectivity index (χ4n) is 2.11. The Morgan fingerprint density at radius 3 is 2.29 bits per heavy atom. The van der Waals surface area contributed by atoms with E-state index < -0.39 is 0 Å². The van der Waals surface area contributed by atoms with Crippen LogP contribution in [0.25, 0.3) is 0 Å². The average molecular weight is 301 g/mol. The molecule has 0 unspecified atom stereocenters. The van der Waals surface area contributed by atoms with Gasteiger partial charge >= 0.3 is 0 Å². The van der Waals surface area contributed by atoms with Crippen LogP contribution >= 0.6 is 11.8 Å². The Morgan fingerprint density at radius 1 is 1.05 bits per heavy atom. The number of benzene rings is 2. The first kappa shape index (κ1) is 15.8. The number of hydrogen-bond donors (Lipinski definition) is 1. The molecule has 0 atom stereocenters. The second-order valence-corrected chi connectivity index (χ2v) is 7.23. The standard InChI is InChI=1S/C18H23NOS/c1-18(2,3)14-5-7-17(8-6-14)21-12-13-9-15(19)11-16(10-13)20-4/h5-11H,12,19H2,1-4H3. The Labute approximate surface area is 131 Å². The van der Waals surface area contributed by atoms with Gasteiger partial charge in [-0.1, -0.05) is 32.9 Å². The Balaban J connectivity index is 2.05. The largest absolute Gasteiger partial charge is 0.497 e. The second-order valence-electron chi connectivity index (χ2n) is 6.18. The number of anilines is 1. The van der Waals surface area contributed by atoms with Gasteiger partial charge in [-0.05, 0) is 40.8 Å². The van der Waals surface area contributed by atoms with Gasteiger partial charge in [0.05, 0.1) is 7.11 Å². The third-order valence-corrected chi connectivity index (χ3v) is 4.43. The third kappa shape index (κ3) is 4.43. The van der Waals surface area contributed by atoms with Crippen molar-refractivity contribution in [2.24, 2.45) is 0 Å². The smallest absolute Gasteiger partial charge is 0.121 e. The molecular weight excluding hydrogens is 278 g/mol. The van der Waals surface area contributed by atoms with Crippen LogP contribution in [0.1, 0.15) is 31.9 Å². The molecule has 0 radical (unpaired) electrons. The zero-order valence-corrected chi connectivity index (χ0v) is 14.0. The lowest BCUT2D eigenvalue weighted by Gasteiger charge is -2.19. The van der Waals surface area contributed by atoms with Gasteiger partial charge in [0.15, 0.2) is 0 Å². The number of nitrogens with two attached hydrogens (primary N) is 1. The first-order chi connectivity index (χ1) is 9.88. The van der Waals surface area contributed by atoms with Crippen LogP contribution in [-0.4, -0.2) is 7.11 Å². The van der Waals surface area contributed by atoms with Gasteiger partial charge in [0, 0.05) is 22.4 Å². The molecular formula is C18H23NOS. The summed E-state index contributed by atoms with van der Waals surface area (Å²) in [7, 11) is 1.66. The fraction of sp³-hybridized carbons (Fsp3) is 0.333. The first-order valence-electron chi connectivity index (χ1n) is 7.05. The summed E-state index contributed by atoms with van der Waals surface area (Å²) in [6.07, 6.45) is 0. The van der Waals surface area contributed by atoms with Gasteiger partial charge in [0.2, 0.25) is 0 Å². The van der Waals surface area contributed by atoms with Gasteiger partial charge in [-0.3, -0.25) is 0 Å². The molecule has 0 fully saturated rings. The monoisotopic (exact) mass is 301 g/mol. The van der Waals surface area contributed by atoms with E-state index in [1.54, 1.807) is 7.11 Å². The topological polar surface area (TPSA) is 35.2 Å². The van der Waals surface area contributed by atoms with E-state index in [1.165, 1.54) is 16.0 Å². The van der Waals surface area contributed by atoms with E-state index >= 15 is 0 Å². The predicted octanol–water partition coefficient (Wildman–Crippen LogP) is 4.87. The van der Waals surface area contributed by atoms with E-state index in [9.17, 15) is 0 Å². The maximum Gasteiger partial charge on any atom is 0.121 e. The minimum atomic E-state index is 0.199. The van der Waals surface area contributed by atoms with Gasteiger partial charge in [-0.25, -0.2) is 0 Å². The van der Waals surface area contributed by atoms with Crippen LogP contribution < -0.4 is 10.5 Å². The lowest BCUT2D eigenvalue weighted by Crippen LogP contribution is -2.10. The second kappa shape index (κ2) is 6.44. The molecule has 0 amide bonds. The summed E-state index contributed by atoms with van der Waals surface area (Å²) in [5, 5.41) is 0. The zero-order chi connectivity index (χ0) is 15.5. The summed E-state index contributed by atoms with van der Waals surface area (Å²) in [5.74, 6) is 1.70. The minimum Gasteiger partial charge on any atom is -0.497 e. The molecule has 112 valence electrons. The molecule has 3 heteroatoms. The van der Waals surface area contributed by atoms with Crippen molar-refractivity contribution in [3.8, 4) is 5.75 Å². The van der Waals surface area contributed by atoms with E-state index in [1.807, 2.05) is 30.0 Å². The maximum atomic E-state index is 5.88. The van der Waals surface area contributed by atoms with Crippen LogP contribution in [0.15, 0.2) is 47.4 Å². The lowest BCUT2D eigenvalue weighted by molar-refractivity contribution is 0.414. The van der Waals surface area contributed by atoms with Crippen LogP contribution in [0.5, 0.6) is 5.75 Å². The Hall–Kier alpha value is -1.61. The summed E-state index contributed by atoms with van der Waals surface area (Å²) in [4.78, 5) is 1.27. The first-order valence-corrected chi connectivity index (χ1v) is 8.04. The molecule has 2 rings (SSSR count).